The lowest BCUT2D eigenvalue weighted by molar-refractivity contribution is -0.144. The van der Waals surface area contributed by atoms with Gasteiger partial charge in [0.25, 0.3) is 11.8 Å². The van der Waals surface area contributed by atoms with Crippen molar-refractivity contribution in [2.24, 2.45) is 0 Å². The molecule has 6 nitrogen and oxygen atoms in total. The molecule has 3 rings (SSSR count). The standard InChI is InChI=1S/C20H22FN3O3/c21-20(19(26)23-13-16-6-4-10-22-12-16)9-5-11-24(15-20)18(25)14-27-17-7-2-1-3-8-17/h1-4,6-8,10,12H,5,9,11,13-15H2,(H,23,26). The number of alkyl halides is 1. The summed E-state index contributed by atoms with van der Waals surface area (Å²) in [4.78, 5) is 30.0. The second kappa shape index (κ2) is 8.62. The van der Waals surface area contributed by atoms with Gasteiger partial charge in [0.1, 0.15) is 5.75 Å². The normalized spacial score (nSPS) is 19.4. The number of nitrogens with one attached hydrogen (secondary N) is 1. The maximum Gasteiger partial charge on any atom is 0.260 e. The Hall–Kier alpha value is -2.96. The van der Waals surface area contributed by atoms with Gasteiger partial charge < -0.3 is 15.0 Å². The molecule has 1 atom stereocenters. The lowest BCUT2D eigenvalue weighted by Crippen LogP contribution is -2.56. The van der Waals surface area contributed by atoms with E-state index in [1.165, 1.54) is 4.90 Å². The summed E-state index contributed by atoms with van der Waals surface area (Å²) < 4.78 is 20.6. The lowest BCUT2D eigenvalue weighted by Gasteiger charge is -2.36. The number of piperidine rings is 1. The van der Waals surface area contributed by atoms with E-state index in [-0.39, 0.29) is 32.0 Å². The number of carbonyl (C=O) groups excluding carboxylic acids is 2. The number of aromatic nitrogens is 1. The van der Waals surface area contributed by atoms with Crippen LogP contribution < -0.4 is 10.1 Å². The van der Waals surface area contributed by atoms with Crippen LogP contribution in [-0.2, 0) is 16.1 Å². The van der Waals surface area contributed by atoms with E-state index in [1.807, 2.05) is 6.07 Å². The Bertz CT molecular complexity index is 773. The summed E-state index contributed by atoms with van der Waals surface area (Å²) in [5, 5.41) is 2.60. The molecule has 0 bridgehead atoms. The average molecular weight is 371 g/mol. The minimum absolute atomic E-state index is 0.0925. The average Bonchev–Trinajstić information content (AvgIpc) is 2.71. The summed E-state index contributed by atoms with van der Waals surface area (Å²) in [6.07, 6.45) is 3.76. The fourth-order valence-electron chi connectivity index (χ4n) is 3.01. The Kier molecular flexibility index (Phi) is 6.01. The molecular formula is C20H22FN3O3. The largest absolute Gasteiger partial charge is 0.484 e. The quantitative estimate of drug-likeness (QED) is 0.844. The van der Waals surface area contributed by atoms with Gasteiger partial charge in [0, 0.05) is 25.5 Å². The van der Waals surface area contributed by atoms with Crippen molar-refractivity contribution in [3.8, 4) is 5.75 Å². The summed E-state index contributed by atoms with van der Waals surface area (Å²) in [5.74, 6) is -0.461. The van der Waals surface area contributed by atoms with Crippen LogP contribution in [0.2, 0.25) is 0 Å². The highest BCUT2D eigenvalue weighted by Gasteiger charge is 2.43. The summed E-state index contributed by atoms with van der Waals surface area (Å²) in [7, 11) is 0. The van der Waals surface area contributed by atoms with Crippen molar-refractivity contribution >= 4 is 11.8 Å². The molecule has 1 saturated heterocycles. The molecule has 1 unspecified atom stereocenters. The minimum atomic E-state index is -2.09. The predicted octanol–water partition coefficient (Wildman–Crippen LogP) is 2.11. The van der Waals surface area contributed by atoms with Crippen LogP contribution in [0.1, 0.15) is 18.4 Å². The molecule has 0 saturated carbocycles. The molecular weight excluding hydrogens is 349 g/mol. The van der Waals surface area contributed by atoms with E-state index in [9.17, 15) is 9.59 Å². The van der Waals surface area contributed by atoms with Crippen LogP contribution >= 0.6 is 0 Å². The van der Waals surface area contributed by atoms with Crippen molar-refractivity contribution in [3.63, 3.8) is 0 Å². The Balaban J connectivity index is 1.53. The van der Waals surface area contributed by atoms with E-state index >= 15 is 4.39 Å². The number of pyridine rings is 1. The molecule has 2 amide bonds. The fraction of sp³-hybridized carbons (Fsp3) is 0.350. The number of rotatable bonds is 6. The number of amides is 2. The topological polar surface area (TPSA) is 71.5 Å². The number of nitrogens with zero attached hydrogens (tertiary/aromatic N) is 2. The smallest absolute Gasteiger partial charge is 0.260 e. The third-order valence-corrected chi connectivity index (χ3v) is 4.48. The summed E-state index contributed by atoms with van der Waals surface area (Å²) >= 11 is 0. The number of ether oxygens (including phenoxy) is 1. The van der Waals surface area contributed by atoms with E-state index in [4.69, 9.17) is 4.74 Å². The van der Waals surface area contributed by atoms with E-state index in [0.29, 0.717) is 18.7 Å². The second-order valence-corrected chi connectivity index (χ2v) is 6.53. The number of para-hydroxylation sites is 1. The molecule has 0 radical (unpaired) electrons. The molecule has 2 aromatic rings. The highest BCUT2D eigenvalue weighted by atomic mass is 19.1. The van der Waals surface area contributed by atoms with E-state index in [1.54, 1.807) is 48.8 Å². The highest BCUT2D eigenvalue weighted by molar-refractivity contribution is 5.87. The number of benzene rings is 1. The molecule has 0 spiro atoms. The maximum absolute atomic E-state index is 15.2. The first-order chi connectivity index (χ1) is 13.1. The van der Waals surface area contributed by atoms with Crippen molar-refractivity contribution in [1.29, 1.82) is 0 Å². The van der Waals surface area contributed by atoms with E-state index in [0.717, 1.165) is 5.56 Å². The van der Waals surface area contributed by atoms with Gasteiger partial charge >= 0.3 is 0 Å². The van der Waals surface area contributed by atoms with Crippen LogP contribution in [0.15, 0.2) is 54.9 Å². The Labute approximate surface area is 157 Å². The first-order valence-corrected chi connectivity index (χ1v) is 8.88. The van der Waals surface area contributed by atoms with Gasteiger partial charge in [0.15, 0.2) is 6.61 Å². The van der Waals surface area contributed by atoms with Gasteiger partial charge in [0.2, 0.25) is 5.67 Å². The predicted molar refractivity (Wildman–Crippen MR) is 97.7 cm³/mol. The van der Waals surface area contributed by atoms with Crippen molar-refractivity contribution in [3.05, 3.63) is 60.4 Å². The van der Waals surface area contributed by atoms with Crippen LogP contribution in [0, 0.1) is 0 Å². The molecule has 142 valence electrons. The Morgan fingerprint density at radius 1 is 1.22 bits per heavy atom. The third-order valence-electron chi connectivity index (χ3n) is 4.48. The minimum Gasteiger partial charge on any atom is -0.484 e. The lowest BCUT2D eigenvalue weighted by atomic mass is 9.93. The molecule has 1 aromatic carbocycles. The summed E-state index contributed by atoms with van der Waals surface area (Å²) in [5.41, 5.74) is -1.31. The molecule has 2 heterocycles. The molecule has 7 heteroatoms. The molecule has 1 fully saturated rings. The van der Waals surface area contributed by atoms with Gasteiger partial charge in [-0.3, -0.25) is 14.6 Å². The molecule has 1 aromatic heterocycles. The fourth-order valence-corrected chi connectivity index (χ4v) is 3.01. The third kappa shape index (κ3) is 5.03. The first kappa shape index (κ1) is 18.8. The molecule has 0 aliphatic carbocycles. The zero-order valence-electron chi connectivity index (χ0n) is 14.9. The van der Waals surface area contributed by atoms with Crippen LogP contribution in [0.5, 0.6) is 5.75 Å². The van der Waals surface area contributed by atoms with Gasteiger partial charge in [-0.2, -0.15) is 0 Å². The second-order valence-electron chi connectivity index (χ2n) is 6.53. The van der Waals surface area contributed by atoms with Crippen molar-refractivity contribution < 1.29 is 18.7 Å². The van der Waals surface area contributed by atoms with Crippen LogP contribution in [0.25, 0.3) is 0 Å². The molecule has 1 aliphatic rings. The first-order valence-electron chi connectivity index (χ1n) is 8.88. The van der Waals surface area contributed by atoms with Crippen LogP contribution in [0.4, 0.5) is 4.39 Å². The number of carbonyl (C=O) groups is 2. The number of likely N-dealkylation sites (tertiary alicyclic amines) is 1. The van der Waals surface area contributed by atoms with Crippen molar-refractivity contribution in [1.82, 2.24) is 15.2 Å². The highest BCUT2D eigenvalue weighted by Crippen LogP contribution is 2.26. The number of hydrogen-bond donors (Lipinski definition) is 1. The summed E-state index contributed by atoms with van der Waals surface area (Å²) in [6, 6.07) is 12.5. The molecule has 27 heavy (non-hydrogen) atoms. The van der Waals surface area contributed by atoms with Gasteiger partial charge in [-0.05, 0) is 36.6 Å². The van der Waals surface area contributed by atoms with Crippen molar-refractivity contribution in [2.45, 2.75) is 25.1 Å². The van der Waals surface area contributed by atoms with Crippen molar-refractivity contribution in [2.75, 3.05) is 19.7 Å². The SMILES string of the molecule is O=C(COc1ccccc1)N1CCCC(F)(C(=O)NCc2cccnc2)C1. The number of hydrogen-bond acceptors (Lipinski definition) is 4. The van der Waals surface area contributed by atoms with E-state index in [2.05, 4.69) is 10.3 Å². The number of halogens is 1. The Morgan fingerprint density at radius 3 is 2.78 bits per heavy atom. The monoisotopic (exact) mass is 371 g/mol. The maximum atomic E-state index is 15.2. The zero-order valence-corrected chi connectivity index (χ0v) is 14.9. The van der Waals surface area contributed by atoms with Gasteiger partial charge in [-0.25, -0.2) is 4.39 Å². The van der Waals surface area contributed by atoms with Gasteiger partial charge in [-0.15, -0.1) is 0 Å². The molecule has 1 aliphatic heterocycles. The van der Waals surface area contributed by atoms with Gasteiger partial charge in [0.05, 0.1) is 6.54 Å². The van der Waals surface area contributed by atoms with E-state index < -0.39 is 11.6 Å². The summed E-state index contributed by atoms with van der Waals surface area (Å²) in [6.45, 7) is 0.169. The van der Waals surface area contributed by atoms with Crippen LogP contribution in [0.3, 0.4) is 0 Å². The zero-order chi connectivity index (χ0) is 19.1. The molecule has 1 N–H and O–H groups in total. The Morgan fingerprint density at radius 2 is 2.04 bits per heavy atom. The van der Waals surface area contributed by atoms with Gasteiger partial charge in [-0.1, -0.05) is 24.3 Å². The van der Waals surface area contributed by atoms with Crippen LogP contribution in [-0.4, -0.2) is 47.1 Å².